The largest absolute Gasteiger partial charge is 0.330 e. The lowest BCUT2D eigenvalue weighted by molar-refractivity contribution is -0.915. The summed E-state index contributed by atoms with van der Waals surface area (Å²) in [7, 11) is 0. The van der Waals surface area contributed by atoms with Gasteiger partial charge in [-0.05, 0) is 24.3 Å². The SMILES string of the molecule is O=C1C[C@@H]([NH+]2CCN(c3ncccn3)CC2)C(=O)N1c1cccc(Cl)c1. The Kier molecular flexibility index (Phi) is 4.57. The minimum atomic E-state index is -0.333. The predicted octanol–water partition coefficient (Wildman–Crippen LogP) is 0.167. The van der Waals surface area contributed by atoms with Crippen LogP contribution in [-0.2, 0) is 9.59 Å². The molecule has 2 fully saturated rings. The standard InChI is InChI=1S/C18H18ClN5O2/c19-13-3-1-4-14(11-13)24-16(25)12-15(17(24)26)22-7-9-23(10-8-22)18-20-5-2-6-21-18/h1-6,11,15H,7-10,12H2/p+1/t15-/m1/s1. The molecule has 1 aromatic carbocycles. The van der Waals surface area contributed by atoms with Crippen molar-refractivity contribution in [3.63, 3.8) is 0 Å². The molecular formula is C18H19ClN5O2+. The number of halogens is 1. The first-order valence-corrected chi connectivity index (χ1v) is 9.00. The molecule has 2 amide bonds. The summed E-state index contributed by atoms with van der Waals surface area (Å²) in [5.41, 5.74) is 0.547. The number of amides is 2. The Morgan fingerprint density at radius 3 is 2.50 bits per heavy atom. The molecule has 3 heterocycles. The third kappa shape index (κ3) is 3.15. The normalized spacial score (nSPS) is 21.5. The molecule has 2 aliphatic rings. The van der Waals surface area contributed by atoms with Crippen LogP contribution in [0, 0.1) is 0 Å². The van der Waals surface area contributed by atoms with E-state index in [2.05, 4.69) is 14.9 Å². The smallest absolute Gasteiger partial charge is 0.292 e. The minimum absolute atomic E-state index is 0.142. The van der Waals surface area contributed by atoms with Crippen LogP contribution in [0.3, 0.4) is 0 Å². The molecule has 0 radical (unpaired) electrons. The lowest BCUT2D eigenvalue weighted by Gasteiger charge is -2.34. The Labute approximate surface area is 156 Å². The molecule has 2 aromatic rings. The van der Waals surface area contributed by atoms with E-state index in [9.17, 15) is 9.59 Å². The van der Waals surface area contributed by atoms with Gasteiger partial charge in [0.05, 0.1) is 38.3 Å². The van der Waals surface area contributed by atoms with E-state index in [-0.39, 0.29) is 24.3 Å². The van der Waals surface area contributed by atoms with E-state index < -0.39 is 0 Å². The number of quaternary nitrogens is 1. The van der Waals surface area contributed by atoms with Crippen molar-refractivity contribution in [1.82, 2.24) is 9.97 Å². The fourth-order valence-corrected chi connectivity index (χ4v) is 3.82. The number of carbonyl (C=O) groups is 2. The van der Waals surface area contributed by atoms with Gasteiger partial charge in [-0.1, -0.05) is 17.7 Å². The van der Waals surface area contributed by atoms with E-state index in [4.69, 9.17) is 11.6 Å². The van der Waals surface area contributed by atoms with Crippen LogP contribution in [0.4, 0.5) is 11.6 Å². The van der Waals surface area contributed by atoms with Crippen LogP contribution in [0.5, 0.6) is 0 Å². The molecule has 0 saturated carbocycles. The molecule has 2 saturated heterocycles. The number of rotatable bonds is 3. The molecule has 8 heteroatoms. The molecule has 4 rings (SSSR count). The molecule has 1 atom stereocenters. The number of hydrogen-bond donors (Lipinski definition) is 1. The maximum absolute atomic E-state index is 12.9. The number of anilines is 2. The second-order valence-corrected chi connectivity index (χ2v) is 6.93. The van der Waals surface area contributed by atoms with Crippen LogP contribution in [-0.4, -0.2) is 54.0 Å². The summed E-state index contributed by atoms with van der Waals surface area (Å²) in [5, 5.41) is 0.510. The first kappa shape index (κ1) is 16.9. The van der Waals surface area contributed by atoms with Crippen LogP contribution in [0.15, 0.2) is 42.7 Å². The molecule has 2 aliphatic heterocycles. The van der Waals surface area contributed by atoms with Crippen molar-refractivity contribution in [1.29, 1.82) is 0 Å². The van der Waals surface area contributed by atoms with Gasteiger partial charge in [0.1, 0.15) is 0 Å². The van der Waals surface area contributed by atoms with Gasteiger partial charge in [0.15, 0.2) is 6.04 Å². The van der Waals surface area contributed by atoms with E-state index in [0.717, 1.165) is 31.1 Å². The van der Waals surface area contributed by atoms with Gasteiger partial charge in [0.2, 0.25) is 11.9 Å². The Morgan fingerprint density at radius 2 is 1.81 bits per heavy atom. The van der Waals surface area contributed by atoms with E-state index >= 15 is 0 Å². The summed E-state index contributed by atoms with van der Waals surface area (Å²) >= 11 is 6.01. The monoisotopic (exact) mass is 372 g/mol. The average Bonchev–Trinajstić information content (AvgIpc) is 2.97. The van der Waals surface area contributed by atoms with E-state index in [1.807, 2.05) is 0 Å². The van der Waals surface area contributed by atoms with Crippen LogP contribution >= 0.6 is 11.6 Å². The summed E-state index contributed by atoms with van der Waals surface area (Å²) in [6.07, 6.45) is 3.69. The third-order valence-corrected chi connectivity index (χ3v) is 5.18. The first-order chi connectivity index (χ1) is 12.6. The highest BCUT2D eigenvalue weighted by Crippen LogP contribution is 2.24. The van der Waals surface area contributed by atoms with E-state index in [1.54, 1.807) is 42.7 Å². The Morgan fingerprint density at radius 1 is 1.08 bits per heavy atom. The Bertz CT molecular complexity index is 823. The number of nitrogens with zero attached hydrogens (tertiary/aromatic N) is 4. The molecule has 0 spiro atoms. The zero-order valence-corrected chi connectivity index (χ0v) is 14.9. The first-order valence-electron chi connectivity index (χ1n) is 8.62. The van der Waals surface area contributed by atoms with Crippen LogP contribution in [0.1, 0.15) is 6.42 Å². The summed E-state index contributed by atoms with van der Waals surface area (Å²) in [6.45, 7) is 3.06. The van der Waals surface area contributed by atoms with Gasteiger partial charge < -0.3 is 9.80 Å². The number of aromatic nitrogens is 2. The molecular weight excluding hydrogens is 354 g/mol. The molecule has 26 heavy (non-hydrogen) atoms. The number of piperazine rings is 1. The quantitative estimate of drug-likeness (QED) is 0.778. The van der Waals surface area contributed by atoms with Crippen molar-refractivity contribution in [2.75, 3.05) is 36.0 Å². The lowest BCUT2D eigenvalue weighted by atomic mass is 10.2. The predicted molar refractivity (Wildman–Crippen MR) is 97.3 cm³/mol. The highest BCUT2D eigenvalue weighted by atomic mass is 35.5. The molecule has 7 nitrogen and oxygen atoms in total. The van der Waals surface area contributed by atoms with Gasteiger partial charge in [0, 0.05) is 17.4 Å². The van der Waals surface area contributed by atoms with Gasteiger partial charge in [0.25, 0.3) is 5.91 Å². The van der Waals surface area contributed by atoms with Crippen molar-refractivity contribution >= 4 is 35.1 Å². The van der Waals surface area contributed by atoms with E-state index in [1.165, 1.54) is 4.90 Å². The number of carbonyl (C=O) groups excluding carboxylic acids is 2. The molecule has 0 unspecified atom stereocenters. The van der Waals surface area contributed by atoms with Gasteiger partial charge in [-0.3, -0.25) is 9.59 Å². The van der Waals surface area contributed by atoms with Crippen molar-refractivity contribution in [3.05, 3.63) is 47.7 Å². The fraction of sp³-hybridized carbons (Fsp3) is 0.333. The number of benzene rings is 1. The summed E-state index contributed by atoms with van der Waals surface area (Å²) in [6, 6.07) is 8.32. The summed E-state index contributed by atoms with van der Waals surface area (Å²) < 4.78 is 0. The molecule has 134 valence electrons. The topological polar surface area (TPSA) is 70.8 Å². The molecule has 0 aliphatic carbocycles. The van der Waals surface area contributed by atoms with Gasteiger partial charge in [-0.2, -0.15) is 0 Å². The molecule has 1 aromatic heterocycles. The average molecular weight is 373 g/mol. The Hall–Kier alpha value is -2.51. The van der Waals surface area contributed by atoms with Crippen LogP contribution < -0.4 is 14.7 Å². The van der Waals surface area contributed by atoms with Crippen LogP contribution in [0.25, 0.3) is 0 Å². The molecule has 1 N–H and O–H groups in total. The number of nitrogens with one attached hydrogen (secondary N) is 1. The minimum Gasteiger partial charge on any atom is -0.330 e. The highest BCUT2D eigenvalue weighted by Gasteiger charge is 2.46. The zero-order valence-electron chi connectivity index (χ0n) is 14.1. The van der Waals surface area contributed by atoms with Gasteiger partial charge >= 0.3 is 0 Å². The van der Waals surface area contributed by atoms with Crippen molar-refractivity contribution < 1.29 is 14.5 Å². The maximum atomic E-state index is 12.9. The second kappa shape index (κ2) is 7.01. The van der Waals surface area contributed by atoms with Crippen molar-refractivity contribution in [2.24, 2.45) is 0 Å². The maximum Gasteiger partial charge on any atom is 0.292 e. The van der Waals surface area contributed by atoms with Crippen molar-refractivity contribution in [2.45, 2.75) is 12.5 Å². The fourth-order valence-electron chi connectivity index (χ4n) is 3.63. The van der Waals surface area contributed by atoms with Gasteiger partial charge in [-0.25, -0.2) is 14.9 Å². The van der Waals surface area contributed by atoms with E-state index in [0.29, 0.717) is 16.7 Å². The second-order valence-electron chi connectivity index (χ2n) is 6.50. The zero-order chi connectivity index (χ0) is 18.1. The number of imide groups is 1. The Balaban J connectivity index is 1.45. The van der Waals surface area contributed by atoms with Crippen molar-refractivity contribution in [3.8, 4) is 0 Å². The van der Waals surface area contributed by atoms with Gasteiger partial charge in [-0.15, -0.1) is 0 Å². The summed E-state index contributed by atoms with van der Waals surface area (Å²) in [4.78, 5) is 38.4. The highest BCUT2D eigenvalue weighted by molar-refractivity contribution is 6.31. The summed E-state index contributed by atoms with van der Waals surface area (Å²) in [5.74, 6) is 0.404. The van der Waals surface area contributed by atoms with Crippen LogP contribution in [0.2, 0.25) is 5.02 Å². The lowest BCUT2D eigenvalue weighted by Crippen LogP contribution is -3.19. The molecule has 0 bridgehead atoms. The third-order valence-electron chi connectivity index (χ3n) is 4.95. The number of hydrogen-bond acceptors (Lipinski definition) is 5.